The second kappa shape index (κ2) is 4.46. The third kappa shape index (κ3) is 2.37. The molecule has 6 heteroatoms. The second-order valence-corrected chi connectivity index (χ2v) is 3.44. The normalized spacial score (nSPS) is 10.8. The monoisotopic (exact) mass is 226 g/mol. The molecular formula is C9H11ClN4O. The summed E-state index contributed by atoms with van der Waals surface area (Å²) in [5.41, 5.74) is 0.846. The molecule has 2 aromatic rings. The Kier molecular flexibility index (Phi) is 3.03. The van der Waals surface area contributed by atoms with Crippen molar-refractivity contribution in [2.45, 2.75) is 13.5 Å². The number of aromatic nitrogens is 3. The van der Waals surface area contributed by atoms with Gasteiger partial charge in [0.25, 0.3) is 0 Å². The number of nitrogens with zero attached hydrogens (tertiary/aromatic N) is 3. The molecule has 0 aliphatic carbocycles. The van der Waals surface area contributed by atoms with Gasteiger partial charge in [-0.05, 0) is 6.54 Å². The van der Waals surface area contributed by atoms with E-state index in [-0.39, 0.29) is 0 Å². The van der Waals surface area contributed by atoms with E-state index in [2.05, 4.69) is 15.4 Å². The molecule has 0 aliphatic heterocycles. The van der Waals surface area contributed by atoms with Gasteiger partial charge in [0.15, 0.2) is 0 Å². The molecule has 0 radical (unpaired) electrons. The predicted molar refractivity (Wildman–Crippen MR) is 56.0 cm³/mol. The Labute approximate surface area is 92.1 Å². The van der Waals surface area contributed by atoms with E-state index < -0.39 is 0 Å². The quantitative estimate of drug-likeness (QED) is 0.861. The van der Waals surface area contributed by atoms with Crippen LogP contribution in [0.1, 0.15) is 12.6 Å². The van der Waals surface area contributed by atoms with E-state index >= 15 is 0 Å². The van der Waals surface area contributed by atoms with E-state index in [1.54, 1.807) is 12.5 Å². The molecule has 0 spiro atoms. The summed E-state index contributed by atoms with van der Waals surface area (Å²) in [6, 6.07) is 0.426. The van der Waals surface area contributed by atoms with Gasteiger partial charge in [0.05, 0.1) is 23.1 Å². The largest absolute Gasteiger partial charge is 0.430 e. The molecule has 15 heavy (non-hydrogen) atoms. The Morgan fingerprint density at radius 2 is 2.47 bits per heavy atom. The summed E-state index contributed by atoms with van der Waals surface area (Å²) in [7, 11) is 0. The number of nitrogens with one attached hydrogen (secondary N) is 1. The van der Waals surface area contributed by atoms with Gasteiger partial charge in [0.1, 0.15) is 6.26 Å². The molecule has 0 unspecified atom stereocenters. The number of rotatable bonds is 4. The van der Waals surface area contributed by atoms with Crippen molar-refractivity contribution in [3.8, 4) is 6.01 Å². The van der Waals surface area contributed by atoms with Crippen molar-refractivity contribution >= 4 is 11.6 Å². The third-order valence-electron chi connectivity index (χ3n) is 1.84. The number of hydrogen-bond acceptors (Lipinski definition) is 4. The lowest BCUT2D eigenvalue weighted by molar-refractivity contribution is 0.509. The highest BCUT2D eigenvalue weighted by Gasteiger charge is 2.06. The topological polar surface area (TPSA) is 55.9 Å². The van der Waals surface area contributed by atoms with Crippen molar-refractivity contribution in [1.82, 2.24) is 20.1 Å². The number of oxazole rings is 1. The summed E-state index contributed by atoms with van der Waals surface area (Å²) in [6.07, 6.45) is 4.79. The lowest BCUT2D eigenvalue weighted by atomic mass is 10.5. The minimum absolute atomic E-state index is 0.426. The van der Waals surface area contributed by atoms with Crippen LogP contribution >= 0.6 is 11.6 Å². The first-order valence-electron chi connectivity index (χ1n) is 4.65. The van der Waals surface area contributed by atoms with Crippen molar-refractivity contribution in [3.63, 3.8) is 0 Å². The zero-order chi connectivity index (χ0) is 10.7. The van der Waals surface area contributed by atoms with Crippen LogP contribution in [0.3, 0.4) is 0 Å². The van der Waals surface area contributed by atoms with Gasteiger partial charge in [0, 0.05) is 6.54 Å². The summed E-state index contributed by atoms with van der Waals surface area (Å²) in [6.45, 7) is 3.62. The maximum absolute atomic E-state index is 5.74. The molecule has 80 valence electrons. The Hall–Kier alpha value is -1.33. The van der Waals surface area contributed by atoms with Crippen molar-refractivity contribution in [3.05, 3.63) is 29.4 Å². The van der Waals surface area contributed by atoms with E-state index in [1.807, 2.05) is 6.92 Å². The molecule has 0 aliphatic rings. The molecule has 0 saturated heterocycles. The van der Waals surface area contributed by atoms with Gasteiger partial charge in [-0.15, -0.1) is 0 Å². The molecule has 0 aromatic carbocycles. The third-order valence-corrected chi connectivity index (χ3v) is 2.04. The Morgan fingerprint density at radius 1 is 1.60 bits per heavy atom. The zero-order valence-corrected chi connectivity index (χ0v) is 9.03. The highest BCUT2D eigenvalue weighted by atomic mass is 35.5. The number of hydrogen-bond donors (Lipinski definition) is 1. The average molecular weight is 227 g/mol. The molecule has 0 atom stereocenters. The van der Waals surface area contributed by atoms with Gasteiger partial charge >= 0.3 is 6.01 Å². The molecule has 0 saturated carbocycles. The van der Waals surface area contributed by atoms with Gasteiger partial charge in [-0.1, -0.05) is 18.5 Å². The summed E-state index contributed by atoms with van der Waals surface area (Å²) < 4.78 is 6.75. The van der Waals surface area contributed by atoms with Crippen molar-refractivity contribution in [2.24, 2.45) is 0 Å². The summed E-state index contributed by atoms with van der Waals surface area (Å²) in [4.78, 5) is 4.24. The van der Waals surface area contributed by atoms with Crippen LogP contribution in [0.4, 0.5) is 0 Å². The van der Waals surface area contributed by atoms with Crippen molar-refractivity contribution in [1.29, 1.82) is 0 Å². The molecule has 2 heterocycles. The Bertz CT molecular complexity index is 437. The first-order valence-corrected chi connectivity index (χ1v) is 5.03. The van der Waals surface area contributed by atoms with E-state index in [0.717, 1.165) is 12.2 Å². The standard InChI is InChI=1S/C9H11ClN4O/c1-2-11-4-8-6-15-9(13-8)14-5-7(10)3-12-14/h3,5-6,11H,2,4H2,1H3. The van der Waals surface area contributed by atoms with Crippen molar-refractivity contribution < 1.29 is 4.42 Å². The first-order chi connectivity index (χ1) is 7.29. The van der Waals surface area contributed by atoms with Crippen LogP contribution in [0, 0.1) is 0 Å². The fourth-order valence-corrected chi connectivity index (χ4v) is 1.28. The van der Waals surface area contributed by atoms with Crippen LogP contribution in [-0.2, 0) is 6.54 Å². The van der Waals surface area contributed by atoms with Crippen LogP contribution in [-0.4, -0.2) is 21.3 Å². The maximum Gasteiger partial charge on any atom is 0.322 e. The predicted octanol–water partition coefficient (Wildman–Crippen LogP) is 1.62. The molecular weight excluding hydrogens is 216 g/mol. The Balaban J connectivity index is 2.13. The molecule has 0 amide bonds. The molecule has 2 rings (SSSR count). The van der Waals surface area contributed by atoms with Gasteiger partial charge in [-0.3, -0.25) is 0 Å². The highest BCUT2D eigenvalue weighted by Crippen LogP contribution is 2.11. The molecule has 5 nitrogen and oxygen atoms in total. The molecule has 0 bridgehead atoms. The summed E-state index contributed by atoms with van der Waals surface area (Å²) in [5.74, 6) is 0. The minimum atomic E-state index is 0.426. The fraction of sp³-hybridized carbons (Fsp3) is 0.333. The van der Waals surface area contributed by atoms with E-state index in [9.17, 15) is 0 Å². The summed E-state index contributed by atoms with van der Waals surface area (Å²) in [5, 5.41) is 7.70. The van der Waals surface area contributed by atoms with Crippen LogP contribution < -0.4 is 5.32 Å². The SMILES string of the molecule is CCNCc1coc(-n2cc(Cl)cn2)n1. The number of halogens is 1. The lowest BCUT2D eigenvalue weighted by Gasteiger charge is -1.94. The van der Waals surface area contributed by atoms with E-state index in [0.29, 0.717) is 17.6 Å². The van der Waals surface area contributed by atoms with Gasteiger partial charge in [0.2, 0.25) is 0 Å². The van der Waals surface area contributed by atoms with Crippen LogP contribution in [0.15, 0.2) is 23.1 Å². The second-order valence-electron chi connectivity index (χ2n) is 3.00. The van der Waals surface area contributed by atoms with Gasteiger partial charge < -0.3 is 9.73 Å². The summed E-state index contributed by atoms with van der Waals surface area (Å²) >= 11 is 5.74. The molecule has 0 fully saturated rings. The molecule has 1 N–H and O–H groups in total. The maximum atomic E-state index is 5.74. The minimum Gasteiger partial charge on any atom is -0.430 e. The Morgan fingerprint density at radius 3 is 3.13 bits per heavy atom. The zero-order valence-electron chi connectivity index (χ0n) is 8.27. The van der Waals surface area contributed by atoms with Crippen LogP contribution in [0.5, 0.6) is 0 Å². The smallest absolute Gasteiger partial charge is 0.322 e. The average Bonchev–Trinajstić information content (AvgIpc) is 2.83. The highest BCUT2D eigenvalue weighted by molar-refractivity contribution is 6.30. The molecule has 2 aromatic heterocycles. The van der Waals surface area contributed by atoms with Crippen LogP contribution in [0.25, 0.3) is 6.01 Å². The lowest BCUT2D eigenvalue weighted by Crippen LogP contribution is -2.12. The van der Waals surface area contributed by atoms with Crippen molar-refractivity contribution in [2.75, 3.05) is 6.54 Å². The van der Waals surface area contributed by atoms with E-state index in [4.69, 9.17) is 16.0 Å². The van der Waals surface area contributed by atoms with Gasteiger partial charge in [-0.25, -0.2) is 0 Å². The van der Waals surface area contributed by atoms with Crippen LogP contribution in [0.2, 0.25) is 5.02 Å². The van der Waals surface area contributed by atoms with Gasteiger partial charge in [-0.2, -0.15) is 14.8 Å². The first kappa shape index (κ1) is 10.2. The fourth-order valence-electron chi connectivity index (χ4n) is 1.14. The van der Waals surface area contributed by atoms with E-state index in [1.165, 1.54) is 10.9 Å².